The lowest BCUT2D eigenvalue weighted by Crippen LogP contribution is -2.44. The van der Waals surface area contributed by atoms with E-state index in [-0.39, 0.29) is 12.4 Å². The molecule has 0 fully saturated rings. The van der Waals surface area contributed by atoms with Crippen LogP contribution in [-0.4, -0.2) is 18.4 Å². The van der Waals surface area contributed by atoms with Crippen LogP contribution in [0, 0.1) is 5.41 Å². The zero-order valence-electron chi connectivity index (χ0n) is 16.4. The number of benzene rings is 3. The molecule has 0 saturated heterocycles. The Morgan fingerprint density at radius 1 is 0.862 bits per heavy atom. The third kappa shape index (κ3) is 3.11. The zero-order chi connectivity index (χ0) is 20.4. The van der Waals surface area contributed by atoms with Gasteiger partial charge in [-0.15, -0.1) is 0 Å². The Hall–Kier alpha value is -3.40. The molecule has 1 aliphatic rings. The summed E-state index contributed by atoms with van der Waals surface area (Å²) in [7, 11) is 0. The lowest BCUT2D eigenvalue weighted by molar-refractivity contribution is -0.152. The van der Waals surface area contributed by atoms with Crippen LogP contribution >= 0.6 is 0 Å². The molecule has 1 heterocycles. The van der Waals surface area contributed by atoms with Crippen molar-refractivity contribution < 1.29 is 19.1 Å². The van der Waals surface area contributed by atoms with Gasteiger partial charge in [0.25, 0.3) is 0 Å². The third-order valence-electron chi connectivity index (χ3n) is 5.46. The van der Waals surface area contributed by atoms with Crippen molar-refractivity contribution >= 4 is 11.8 Å². The van der Waals surface area contributed by atoms with Crippen LogP contribution < -0.4 is 4.74 Å². The Balaban J connectivity index is 1.96. The van der Waals surface area contributed by atoms with Gasteiger partial charge >= 0.3 is 5.97 Å². The summed E-state index contributed by atoms with van der Waals surface area (Å²) in [6.45, 7) is 3.63. The topological polar surface area (TPSA) is 52.6 Å². The van der Waals surface area contributed by atoms with Crippen LogP contribution in [0.2, 0.25) is 0 Å². The van der Waals surface area contributed by atoms with Gasteiger partial charge in [0.05, 0.1) is 6.61 Å². The standard InChI is InChI=1S/C25H22O4/c1-3-28-24(27)25(2,23(26)17-11-5-4-6-12-17)22-18-13-7-9-15-20(18)29-21-16-10-8-14-19(21)22/h4-16,22H,3H2,1-2H3. The average Bonchev–Trinajstić information content (AvgIpc) is 2.77. The molecule has 0 radical (unpaired) electrons. The van der Waals surface area contributed by atoms with Crippen LogP contribution in [0.3, 0.4) is 0 Å². The summed E-state index contributed by atoms with van der Waals surface area (Å²) < 4.78 is 11.5. The van der Waals surface area contributed by atoms with Gasteiger partial charge < -0.3 is 9.47 Å². The van der Waals surface area contributed by atoms with Crippen molar-refractivity contribution in [2.24, 2.45) is 5.41 Å². The highest BCUT2D eigenvalue weighted by Crippen LogP contribution is 2.53. The first-order chi connectivity index (χ1) is 14.1. The number of hydrogen-bond acceptors (Lipinski definition) is 4. The van der Waals surface area contributed by atoms with Crippen LogP contribution in [0.15, 0.2) is 78.9 Å². The van der Waals surface area contributed by atoms with Crippen molar-refractivity contribution in [1.82, 2.24) is 0 Å². The molecule has 4 heteroatoms. The molecule has 0 amide bonds. The van der Waals surface area contributed by atoms with Gasteiger partial charge in [0.1, 0.15) is 16.9 Å². The van der Waals surface area contributed by atoms with Gasteiger partial charge in [-0.25, -0.2) is 0 Å². The van der Waals surface area contributed by atoms with E-state index in [0.717, 1.165) is 11.1 Å². The van der Waals surface area contributed by atoms with Gasteiger partial charge in [-0.1, -0.05) is 66.7 Å². The molecule has 4 rings (SSSR count). The number of Topliss-reactive ketones (excluding diaryl/α,β-unsaturated/α-hetero) is 1. The van der Waals surface area contributed by atoms with Crippen molar-refractivity contribution in [1.29, 1.82) is 0 Å². The maximum absolute atomic E-state index is 13.8. The summed E-state index contributed by atoms with van der Waals surface area (Å²) in [5.41, 5.74) is 0.620. The molecule has 0 aromatic heterocycles. The third-order valence-corrected chi connectivity index (χ3v) is 5.46. The first kappa shape index (κ1) is 18.9. The Bertz CT molecular complexity index is 1010. The lowest BCUT2D eigenvalue weighted by Gasteiger charge is -2.38. The molecule has 3 aromatic carbocycles. The van der Waals surface area contributed by atoms with E-state index in [0.29, 0.717) is 17.1 Å². The SMILES string of the molecule is CCOC(=O)C(C)(C(=O)c1ccccc1)C1c2ccccc2Oc2ccccc21. The van der Waals surface area contributed by atoms with E-state index in [4.69, 9.17) is 9.47 Å². The summed E-state index contributed by atoms with van der Waals surface area (Å²) in [6.07, 6.45) is 0. The van der Waals surface area contributed by atoms with Gasteiger partial charge in [-0.2, -0.15) is 0 Å². The summed E-state index contributed by atoms with van der Waals surface area (Å²) in [5, 5.41) is 0. The number of hydrogen-bond donors (Lipinski definition) is 0. The van der Waals surface area contributed by atoms with E-state index in [2.05, 4.69) is 0 Å². The molecule has 4 nitrogen and oxygen atoms in total. The fraction of sp³-hybridized carbons (Fsp3) is 0.200. The van der Waals surface area contributed by atoms with Crippen molar-refractivity contribution in [2.75, 3.05) is 6.61 Å². The molecule has 29 heavy (non-hydrogen) atoms. The quantitative estimate of drug-likeness (QED) is 0.336. The van der Waals surface area contributed by atoms with Crippen molar-refractivity contribution in [2.45, 2.75) is 19.8 Å². The number of carbonyl (C=O) groups excluding carboxylic acids is 2. The molecule has 0 spiro atoms. The molecular weight excluding hydrogens is 364 g/mol. The van der Waals surface area contributed by atoms with E-state index < -0.39 is 17.3 Å². The normalized spacial score (nSPS) is 14.7. The van der Waals surface area contributed by atoms with Crippen molar-refractivity contribution in [3.05, 3.63) is 95.6 Å². The highest BCUT2D eigenvalue weighted by Gasteiger charge is 2.53. The number of carbonyl (C=O) groups is 2. The van der Waals surface area contributed by atoms with Gasteiger partial charge in [-0.3, -0.25) is 9.59 Å². The number of fused-ring (bicyclic) bond motifs is 2. The molecule has 1 unspecified atom stereocenters. The minimum Gasteiger partial charge on any atom is -0.465 e. The van der Waals surface area contributed by atoms with Crippen LogP contribution in [0.4, 0.5) is 0 Å². The minimum atomic E-state index is -1.45. The van der Waals surface area contributed by atoms with Gasteiger partial charge in [-0.05, 0) is 26.0 Å². The highest BCUT2D eigenvalue weighted by molar-refractivity contribution is 6.13. The Morgan fingerprint density at radius 3 is 1.93 bits per heavy atom. The van der Waals surface area contributed by atoms with Crippen LogP contribution in [0.5, 0.6) is 11.5 Å². The summed E-state index contributed by atoms with van der Waals surface area (Å²) >= 11 is 0. The lowest BCUT2D eigenvalue weighted by atomic mass is 9.65. The molecule has 0 N–H and O–H groups in total. The highest BCUT2D eigenvalue weighted by atomic mass is 16.5. The molecule has 1 aliphatic heterocycles. The Morgan fingerprint density at radius 2 is 1.38 bits per heavy atom. The van der Waals surface area contributed by atoms with E-state index >= 15 is 0 Å². The Labute approximate surface area is 170 Å². The number of rotatable bonds is 5. The van der Waals surface area contributed by atoms with Crippen LogP contribution in [0.1, 0.15) is 41.3 Å². The van der Waals surface area contributed by atoms with Gasteiger partial charge in [0.2, 0.25) is 0 Å². The number of ether oxygens (including phenoxy) is 2. The maximum Gasteiger partial charge on any atom is 0.320 e. The van der Waals surface area contributed by atoms with Gasteiger partial charge in [0.15, 0.2) is 5.78 Å². The number of para-hydroxylation sites is 2. The molecule has 0 aliphatic carbocycles. The maximum atomic E-state index is 13.8. The average molecular weight is 386 g/mol. The monoisotopic (exact) mass is 386 g/mol. The zero-order valence-corrected chi connectivity index (χ0v) is 16.4. The molecule has 146 valence electrons. The molecule has 3 aromatic rings. The van der Waals surface area contributed by atoms with E-state index in [1.165, 1.54) is 0 Å². The molecule has 0 saturated carbocycles. The van der Waals surface area contributed by atoms with Crippen molar-refractivity contribution in [3.63, 3.8) is 0 Å². The second kappa shape index (κ2) is 7.55. The fourth-order valence-electron chi connectivity index (χ4n) is 4.04. The summed E-state index contributed by atoms with van der Waals surface area (Å²) in [5.74, 6) is -0.0472. The van der Waals surface area contributed by atoms with E-state index in [1.807, 2.05) is 54.6 Å². The second-order valence-electron chi connectivity index (χ2n) is 7.23. The minimum absolute atomic E-state index is 0.197. The largest absolute Gasteiger partial charge is 0.465 e. The van der Waals surface area contributed by atoms with Gasteiger partial charge in [0, 0.05) is 22.6 Å². The molecular formula is C25H22O4. The van der Waals surface area contributed by atoms with E-state index in [1.54, 1.807) is 38.1 Å². The van der Waals surface area contributed by atoms with Crippen molar-refractivity contribution in [3.8, 4) is 11.5 Å². The summed E-state index contributed by atoms with van der Waals surface area (Å²) in [4.78, 5) is 27.1. The fourth-order valence-corrected chi connectivity index (χ4v) is 4.04. The first-order valence-electron chi connectivity index (χ1n) is 9.70. The second-order valence-corrected chi connectivity index (χ2v) is 7.23. The Kier molecular flexibility index (Phi) is 4.93. The molecule has 0 bridgehead atoms. The predicted molar refractivity (Wildman–Crippen MR) is 110 cm³/mol. The van der Waals surface area contributed by atoms with Crippen LogP contribution in [0.25, 0.3) is 0 Å². The first-order valence-corrected chi connectivity index (χ1v) is 9.70. The van der Waals surface area contributed by atoms with Crippen LogP contribution in [-0.2, 0) is 9.53 Å². The summed E-state index contributed by atoms with van der Waals surface area (Å²) in [6, 6.07) is 24.0. The number of esters is 1. The predicted octanol–water partition coefficient (Wildman–Crippen LogP) is 5.38. The van der Waals surface area contributed by atoms with E-state index in [9.17, 15) is 9.59 Å². The number of ketones is 1. The smallest absolute Gasteiger partial charge is 0.320 e. The molecule has 1 atom stereocenters.